The number of piperidine rings is 1. The first kappa shape index (κ1) is 24.8. The molecule has 2 aromatic carbocycles. The van der Waals surface area contributed by atoms with E-state index >= 15 is 0 Å². The van der Waals surface area contributed by atoms with Gasteiger partial charge in [0.2, 0.25) is 5.91 Å². The second kappa shape index (κ2) is 10.5. The second-order valence-electron chi connectivity index (χ2n) is 9.43. The van der Waals surface area contributed by atoms with Crippen LogP contribution in [0.2, 0.25) is 0 Å². The molecule has 4 rings (SSSR count). The van der Waals surface area contributed by atoms with Gasteiger partial charge < -0.3 is 14.5 Å². The molecule has 1 heterocycles. The van der Waals surface area contributed by atoms with Crippen LogP contribution < -0.4 is 0 Å². The highest BCUT2D eigenvalue weighted by Gasteiger charge is 2.38. The summed E-state index contributed by atoms with van der Waals surface area (Å²) in [5.41, 5.74) is 1.11. The van der Waals surface area contributed by atoms with Gasteiger partial charge in [0.1, 0.15) is 11.6 Å². The summed E-state index contributed by atoms with van der Waals surface area (Å²) >= 11 is 0. The van der Waals surface area contributed by atoms with Crippen LogP contribution in [0.3, 0.4) is 0 Å². The van der Waals surface area contributed by atoms with E-state index in [1.165, 1.54) is 25.3 Å². The number of methoxy groups -OCH3 is 1. The Labute approximate surface area is 203 Å². The maximum atomic E-state index is 14.5. The zero-order valence-corrected chi connectivity index (χ0v) is 20.0. The molecular weight excluding hydrogens is 454 g/mol. The number of likely N-dealkylation sites (N-methyl/N-ethyl adjacent to an activating group) is 1. The molecule has 2 fully saturated rings. The molecule has 2 amide bonds. The first-order chi connectivity index (χ1) is 16.8. The number of halogens is 2. The maximum absolute atomic E-state index is 14.5. The maximum Gasteiger partial charge on any atom is 0.337 e. The van der Waals surface area contributed by atoms with E-state index in [4.69, 9.17) is 4.74 Å². The molecule has 1 saturated carbocycles. The van der Waals surface area contributed by atoms with Crippen molar-refractivity contribution in [2.75, 3.05) is 27.2 Å². The van der Waals surface area contributed by atoms with Crippen LogP contribution in [-0.2, 0) is 16.0 Å². The lowest BCUT2D eigenvalue weighted by Crippen LogP contribution is -2.49. The number of rotatable bonds is 7. The molecule has 35 heavy (non-hydrogen) atoms. The SMILES string of the molecule is COC(=O)c1cccc(C(=O)N2CCC([C@@H](Cc3ccc(F)cc3F)N(C)C(=O)C3CC3)CC2)c1. The Morgan fingerprint density at radius 1 is 1.03 bits per heavy atom. The predicted octanol–water partition coefficient (Wildman–Crippen LogP) is 4.08. The number of hydrogen-bond donors (Lipinski definition) is 0. The van der Waals surface area contributed by atoms with Gasteiger partial charge in [0.15, 0.2) is 0 Å². The molecule has 1 saturated heterocycles. The van der Waals surface area contributed by atoms with Gasteiger partial charge in [0.05, 0.1) is 12.7 Å². The van der Waals surface area contributed by atoms with Gasteiger partial charge in [-0.25, -0.2) is 13.6 Å². The lowest BCUT2D eigenvalue weighted by atomic mass is 9.84. The third kappa shape index (κ3) is 5.69. The van der Waals surface area contributed by atoms with E-state index in [9.17, 15) is 23.2 Å². The molecule has 2 aromatic rings. The Kier molecular flexibility index (Phi) is 7.48. The number of carbonyl (C=O) groups is 3. The van der Waals surface area contributed by atoms with Crippen LogP contribution >= 0.6 is 0 Å². The lowest BCUT2D eigenvalue weighted by molar-refractivity contribution is -0.134. The van der Waals surface area contributed by atoms with Crippen LogP contribution in [0.25, 0.3) is 0 Å². The average Bonchev–Trinajstić information content (AvgIpc) is 3.72. The van der Waals surface area contributed by atoms with E-state index in [2.05, 4.69) is 0 Å². The number of carbonyl (C=O) groups excluding carboxylic acids is 3. The summed E-state index contributed by atoms with van der Waals surface area (Å²) in [6, 6.07) is 9.76. The van der Waals surface area contributed by atoms with Crippen molar-refractivity contribution in [3.63, 3.8) is 0 Å². The summed E-state index contributed by atoms with van der Waals surface area (Å²) in [6.07, 6.45) is 3.34. The number of esters is 1. The molecule has 6 nitrogen and oxygen atoms in total. The predicted molar refractivity (Wildman–Crippen MR) is 126 cm³/mol. The number of hydrogen-bond acceptors (Lipinski definition) is 4. The van der Waals surface area contributed by atoms with Crippen molar-refractivity contribution in [1.29, 1.82) is 0 Å². The van der Waals surface area contributed by atoms with E-state index in [1.54, 1.807) is 35.0 Å². The molecule has 0 N–H and O–H groups in total. The number of ether oxygens (including phenoxy) is 1. The molecule has 0 unspecified atom stereocenters. The summed E-state index contributed by atoms with van der Waals surface area (Å²) in [7, 11) is 3.06. The number of amides is 2. The molecule has 2 aliphatic rings. The van der Waals surface area contributed by atoms with Crippen LogP contribution in [0.1, 0.15) is 52.0 Å². The summed E-state index contributed by atoms with van der Waals surface area (Å²) in [5, 5.41) is 0. The number of benzene rings is 2. The molecule has 0 aromatic heterocycles. The largest absolute Gasteiger partial charge is 0.465 e. The van der Waals surface area contributed by atoms with Gasteiger partial charge in [-0.3, -0.25) is 9.59 Å². The minimum atomic E-state index is -0.631. The quantitative estimate of drug-likeness (QED) is 0.556. The Balaban J connectivity index is 1.47. The molecule has 186 valence electrons. The third-order valence-corrected chi connectivity index (χ3v) is 7.12. The van der Waals surface area contributed by atoms with Crippen molar-refractivity contribution < 1.29 is 27.9 Å². The van der Waals surface area contributed by atoms with Gasteiger partial charge in [0, 0.05) is 43.7 Å². The molecule has 0 spiro atoms. The highest BCUT2D eigenvalue weighted by molar-refractivity contribution is 5.98. The Morgan fingerprint density at radius 2 is 1.71 bits per heavy atom. The van der Waals surface area contributed by atoms with E-state index < -0.39 is 17.6 Å². The third-order valence-electron chi connectivity index (χ3n) is 7.12. The molecule has 8 heteroatoms. The van der Waals surface area contributed by atoms with E-state index in [0.717, 1.165) is 18.9 Å². The first-order valence-electron chi connectivity index (χ1n) is 12.0. The fraction of sp³-hybridized carbons (Fsp3) is 0.444. The van der Waals surface area contributed by atoms with E-state index in [0.29, 0.717) is 49.0 Å². The van der Waals surface area contributed by atoms with Crippen LogP contribution in [0.4, 0.5) is 8.78 Å². The van der Waals surface area contributed by atoms with Crippen molar-refractivity contribution in [3.05, 3.63) is 70.8 Å². The van der Waals surface area contributed by atoms with Gasteiger partial charge >= 0.3 is 5.97 Å². The van der Waals surface area contributed by atoms with Crippen molar-refractivity contribution >= 4 is 17.8 Å². The summed E-state index contributed by atoms with van der Waals surface area (Å²) in [5.74, 6) is -1.75. The van der Waals surface area contributed by atoms with Gasteiger partial charge in [0.25, 0.3) is 5.91 Å². The summed E-state index contributed by atoms with van der Waals surface area (Å²) in [6.45, 7) is 0.972. The number of nitrogens with zero attached hydrogens (tertiary/aromatic N) is 2. The normalized spacial score (nSPS) is 17.1. The van der Waals surface area contributed by atoms with Crippen molar-refractivity contribution in [1.82, 2.24) is 9.80 Å². The topological polar surface area (TPSA) is 66.9 Å². The highest BCUT2D eigenvalue weighted by Crippen LogP contribution is 2.34. The molecule has 1 aliphatic heterocycles. The molecule has 0 bridgehead atoms. The lowest BCUT2D eigenvalue weighted by Gasteiger charge is -2.40. The van der Waals surface area contributed by atoms with Crippen molar-refractivity contribution in [2.45, 2.75) is 38.1 Å². The molecular formula is C27H30F2N2O4. The minimum Gasteiger partial charge on any atom is -0.465 e. The molecule has 1 aliphatic carbocycles. The Hall–Kier alpha value is -3.29. The smallest absolute Gasteiger partial charge is 0.337 e. The van der Waals surface area contributed by atoms with Crippen molar-refractivity contribution in [3.8, 4) is 0 Å². The fourth-order valence-corrected chi connectivity index (χ4v) is 4.88. The standard InChI is InChI=1S/C27H30F2N2O4/c1-30(25(32)18-6-7-18)24(15-19-8-9-22(28)16-23(19)29)17-10-12-31(13-11-17)26(33)20-4-3-5-21(14-20)27(34)35-2/h3-5,8-9,14,16-18,24H,6-7,10-13,15H2,1-2H3/t24-/m1/s1. The van der Waals surface area contributed by atoms with Gasteiger partial charge in [-0.15, -0.1) is 0 Å². The van der Waals surface area contributed by atoms with Crippen LogP contribution in [-0.4, -0.2) is 60.9 Å². The van der Waals surface area contributed by atoms with E-state index in [1.807, 2.05) is 0 Å². The first-order valence-corrected chi connectivity index (χ1v) is 12.0. The summed E-state index contributed by atoms with van der Waals surface area (Å²) in [4.78, 5) is 41.2. The van der Waals surface area contributed by atoms with Crippen LogP contribution in [0.15, 0.2) is 42.5 Å². The zero-order valence-electron chi connectivity index (χ0n) is 20.0. The Morgan fingerprint density at radius 3 is 2.34 bits per heavy atom. The average molecular weight is 485 g/mol. The second-order valence-corrected chi connectivity index (χ2v) is 9.43. The van der Waals surface area contributed by atoms with Gasteiger partial charge in [-0.2, -0.15) is 0 Å². The van der Waals surface area contributed by atoms with Gasteiger partial charge in [-0.1, -0.05) is 12.1 Å². The van der Waals surface area contributed by atoms with Crippen molar-refractivity contribution in [2.24, 2.45) is 11.8 Å². The number of likely N-dealkylation sites (tertiary alicyclic amines) is 1. The minimum absolute atomic E-state index is 0.0318. The highest BCUT2D eigenvalue weighted by atomic mass is 19.1. The van der Waals surface area contributed by atoms with Gasteiger partial charge in [-0.05, 0) is 67.9 Å². The molecule has 0 radical (unpaired) electrons. The Bertz CT molecular complexity index is 1110. The van der Waals surface area contributed by atoms with E-state index in [-0.39, 0.29) is 29.7 Å². The fourth-order valence-electron chi connectivity index (χ4n) is 4.88. The molecule has 1 atom stereocenters. The summed E-state index contributed by atoms with van der Waals surface area (Å²) < 4.78 is 32.6. The monoisotopic (exact) mass is 484 g/mol. The van der Waals surface area contributed by atoms with Crippen LogP contribution in [0, 0.1) is 23.5 Å². The zero-order chi connectivity index (χ0) is 25.1. The van der Waals surface area contributed by atoms with Crippen LogP contribution in [0.5, 0.6) is 0 Å².